The third-order valence-corrected chi connectivity index (χ3v) is 3.86. The highest BCUT2D eigenvalue weighted by Gasteiger charge is 2.16. The van der Waals surface area contributed by atoms with E-state index >= 15 is 0 Å². The molecule has 1 unspecified atom stereocenters. The first-order chi connectivity index (χ1) is 10.0. The number of fused-ring (bicyclic) bond motifs is 1. The number of carbonyl (C=O) groups excluding carboxylic acids is 1. The molecular formula is C14H12BrN3O3. The summed E-state index contributed by atoms with van der Waals surface area (Å²) in [4.78, 5) is 28.7. The van der Waals surface area contributed by atoms with Crippen molar-refractivity contribution in [2.24, 2.45) is 0 Å². The van der Waals surface area contributed by atoms with Crippen molar-refractivity contribution < 1.29 is 9.21 Å². The molecule has 0 fully saturated rings. The molecule has 3 rings (SSSR count). The van der Waals surface area contributed by atoms with Crippen molar-refractivity contribution in [2.75, 3.05) is 0 Å². The molecule has 2 heterocycles. The molecule has 1 aromatic carbocycles. The number of aromatic amines is 2. The topological polar surface area (TPSA) is 90.9 Å². The lowest BCUT2D eigenvalue weighted by Gasteiger charge is -2.14. The molecule has 2 aromatic heterocycles. The van der Waals surface area contributed by atoms with Crippen LogP contribution < -0.4 is 11.0 Å². The lowest BCUT2D eigenvalue weighted by Crippen LogP contribution is -2.26. The fourth-order valence-corrected chi connectivity index (χ4v) is 2.55. The molecule has 0 aliphatic carbocycles. The molecule has 6 nitrogen and oxygen atoms in total. The van der Waals surface area contributed by atoms with Gasteiger partial charge in [0.1, 0.15) is 0 Å². The first-order valence-corrected chi connectivity index (χ1v) is 7.09. The number of carbonyl (C=O) groups is 1. The number of hydrogen-bond donors (Lipinski definition) is 3. The zero-order valence-electron chi connectivity index (χ0n) is 11.1. The number of rotatable bonds is 3. The molecule has 3 N–H and O–H groups in total. The number of hydrogen-bond acceptors (Lipinski definition) is 3. The van der Waals surface area contributed by atoms with Crippen LogP contribution in [0.25, 0.3) is 11.0 Å². The average Bonchev–Trinajstić information content (AvgIpc) is 3.02. The normalized spacial score (nSPS) is 12.5. The van der Waals surface area contributed by atoms with E-state index in [-0.39, 0.29) is 17.6 Å². The summed E-state index contributed by atoms with van der Waals surface area (Å²) in [7, 11) is 0. The van der Waals surface area contributed by atoms with Crippen LogP contribution in [0, 0.1) is 0 Å². The van der Waals surface area contributed by atoms with Crippen LogP contribution in [0.3, 0.4) is 0 Å². The Morgan fingerprint density at radius 3 is 2.76 bits per heavy atom. The number of benzene rings is 1. The Labute approximate surface area is 127 Å². The molecule has 3 aromatic rings. The number of halogens is 1. The number of H-pyrrole nitrogens is 2. The molecule has 0 saturated carbocycles. The summed E-state index contributed by atoms with van der Waals surface area (Å²) in [6, 6.07) is 6.89. The van der Waals surface area contributed by atoms with Crippen LogP contribution in [0.15, 0.2) is 44.4 Å². The maximum absolute atomic E-state index is 12.1. The molecule has 0 spiro atoms. The van der Waals surface area contributed by atoms with Crippen LogP contribution in [0.4, 0.5) is 0 Å². The van der Waals surface area contributed by atoms with Crippen LogP contribution in [0.1, 0.15) is 28.9 Å². The van der Waals surface area contributed by atoms with Gasteiger partial charge in [-0.3, -0.25) is 4.79 Å². The Morgan fingerprint density at radius 2 is 2.05 bits per heavy atom. The van der Waals surface area contributed by atoms with Crippen molar-refractivity contribution in [1.29, 1.82) is 0 Å². The molecule has 108 valence electrons. The molecule has 0 radical (unpaired) electrons. The van der Waals surface area contributed by atoms with Crippen LogP contribution in [0.5, 0.6) is 0 Å². The number of furan rings is 1. The first kappa shape index (κ1) is 13.7. The van der Waals surface area contributed by atoms with Crippen LogP contribution in [-0.4, -0.2) is 15.9 Å². The summed E-state index contributed by atoms with van der Waals surface area (Å²) in [6.07, 6.45) is 1.44. The Kier molecular flexibility index (Phi) is 3.42. The van der Waals surface area contributed by atoms with Gasteiger partial charge in [0.25, 0.3) is 5.91 Å². The Morgan fingerprint density at radius 1 is 1.29 bits per heavy atom. The van der Waals surface area contributed by atoms with E-state index in [1.807, 2.05) is 19.1 Å². The number of nitrogens with one attached hydrogen (secondary N) is 3. The van der Waals surface area contributed by atoms with E-state index in [9.17, 15) is 9.59 Å². The Balaban J connectivity index is 1.83. The number of aromatic nitrogens is 2. The molecule has 0 aliphatic heterocycles. The van der Waals surface area contributed by atoms with Gasteiger partial charge in [0.05, 0.1) is 28.9 Å². The summed E-state index contributed by atoms with van der Waals surface area (Å²) in [5.74, 6) is -0.231. The van der Waals surface area contributed by atoms with Gasteiger partial charge in [-0.1, -0.05) is 6.07 Å². The molecule has 21 heavy (non-hydrogen) atoms. The summed E-state index contributed by atoms with van der Waals surface area (Å²) in [6.45, 7) is 1.87. The quantitative estimate of drug-likeness (QED) is 0.678. The largest absolute Gasteiger partial charge is 0.457 e. The van der Waals surface area contributed by atoms with Gasteiger partial charge in [-0.25, -0.2) is 4.79 Å². The smallest absolute Gasteiger partial charge is 0.323 e. The van der Waals surface area contributed by atoms with Crippen LogP contribution in [-0.2, 0) is 0 Å². The summed E-state index contributed by atoms with van der Waals surface area (Å²) < 4.78 is 5.45. The highest BCUT2D eigenvalue weighted by atomic mass is 79.9. The predicted molar refractivity (Wildman–Crippen MR) is 81.2 cm³/mol. The van der Waals surface area contributed by atoms with Gasteiger partial charge < -0.3 is 19.7 Å². The monoisotopic (exact) mass is 349 g/mol. The lowest BCUT2D eigenvalue weighted by atomic mass is 10.1. The maximum atomic E-state index is 12.1. The minimum atomic E-state index is -0.249. The number of amides is 1. The first-order valence-electron chi connectivity index (χ1n) is 6.30. The van der Waals surface area contributed by atoms with Gasteiger partial charge in [-0.05, 0) is 46.6 Å². The second-order valence-corrected chi connectivity index (χ2v) is 5.41. The Bertz CT molecular complexity index is 862. The minimum absolute atomic E-state index is 0.206. The van der Waals surface area contributed by atoms with E-state index in [2.05, 4.69) is 31.2 Å². The second kappa shape index (κ2) is 5.25. The van der Waals surface area contributed by atoms with Crippen molar-refractivity contribution in [3.05, 3.63) is 56.8 Å². The second-order valence-electron chi connectivity index (χ2n) is 4.69. The Hall–Kier alpha value is -2.28. The van der Waals surface area contributed by atoms with Gasteiger partial charge in [0.2, 0.25) is 0 Å². The molecule has 0 saturated heterocycles. The fourth-order valence-electron chi connectivity index (χ4n) is 2.13. The fraction of sp³-hybridized carbons (Fsp3) is 0.143. The molecular weight excluding hydrogens is 338 g/mol. The average molecular weight is 350 g/mol. The third-order valence-electron chi connectivity index (χ3n) is 3.25. The van der Waals surface area contributed by atoms with Crippen molar-refractivity contribution in [1.82, 2.24) is 15.3 Å². The third kappa shape index (κ3) is 2.64. The molecule has 7 heteroatoms. The zero-order valence-corrected chi connectivity index (χ0v) is 12.7. The van der Waals surface area contributed by atoms with Crippen molar-refractivity contribution in [2.45, 2.75) is 13.0 Å². The minimum Gasteiger partial charge on any atom is -0.457 e. The molecule has 0 bridgehead atoms. The van der Waals surface area contributed by atoms with Gasteiger partial charge in [-0.2, -0.15) is 0 Å². The van der Waals surface area contributed by atoms with Gasteiger partial charge in [0, 0.05) is 0 Å². The van der Waals surface area contributed by atoms with Crippen molar-refractivity contribution in [3.63, 3.8) is 0 Å². The summed E-state index contributed by atoms with van der Waals surface area (Å²) in [5.41, 5.74) is 2.54. The highest BCUT2D eigenvalue weighted by Crippen LogP contribution is 2.20. The SMILES string of the molecule is CC(NC(=O)c1ccoc1Br)c1ccc2[nH]c(=O)[nH]c2c1. The van der Waals surface area contributed by atoms with E-state index in [1.165, 1.54) is 6.26 Å². The van der Waals surface area contributed by atoms with Crippen LogP contribution in [0.2, 0.25) is 0 Å². The summed E-state index contributed by atoms with van der Waals surface area (Å²) >= 11 is 3.18. The van der Waals surface area contributed by atoms with E-state index < -0.39 is 0 Å². The van der Waals surface area contributed by atoms with E-state index in [4.69, 9.17) is 4.42 Å². The number of imidazole rings is 1. The van der Waals surface area contributed by atoms with Crippen LogP contribution >= 0.6 is 15.9 Å². The van der Waals surface area contributed by atoms with E-state index in [1.54, 1.807) is 12.1 Å². The summed E-state index contributed by atoms with van der Waals surface area (Å²) in [5, 5.41) is 2.88. The maximum Gasteiger partial charge on any atom is 0.323 e. The van der Waals surface area contributed by atoms with E-state index in [0.717, 1.165) is 11.1 Å². The molecule has 1 atom stereocenters. The zero-order chi connectivity index (χ0) is 15.0. The predicted octanol–water partition coefficient (Wildman–Crippen LogP) is 2.70. The van der Waals surface area contributed by atoms with Gasteiger partial charge in [0.15, 0.2) is 4.67 Å². The molecule has 0 aliphatic rings. The molecule has 1 amide bonds. The van der Waals surface area contributed by atoms with Gasteiger partial charge >= 0.3 is 5.69 Å². The lowest BCUT2D eigenvalue weighted by molar-refractivity contribution is 0.0938. The highest BCUT2D eigenvalue weighted by molar-refractivity contribution is 9.10. The standard InChI is InChI=1S/C14H12BrN3O3/c1-7(16-13(19)9-4-5-21-12(9)15)8-2-3-10-11(6-8)18-14(20)17-10/h2-7H,1H3,(H,16,19)(H2,17,18,20). The van der Waals surface area contributed by atoms with Crippen molar-refractivity contribution >= 4 is 32.9 Å². The van der Waals surface area contributed by atoms with Crippen molar-refractivity contribution in [3.8, 4) is 0 Å². The van der Waals surface area contributed by atoms with E-state index in [0.29, 0.717) is 15.7 Å². The van der Waals surface area contributed by atoms with Gasteiger partial charge in [-0.15, -0.1) is 0 Å².